The number of nitrogens with one attached hydrogen (secondary N) is 2. The Morgan fingerprint density at radius 3 is 2.65 bits per heavy atom. The van der Waals surface area contributed by atoms with Crippen molar-refractivity contribution >= 4 is 17.5 Å². The fraction of sp³-hybridized carbons (Fsp3) is 0.292. The Hall–Kier alpha value is -2.96. The van der Waals surface area contributed by atoms with Crippen molar-refractivity contribution in [3.63, 3.8) is 0 Å². The molecule has 0 unspecified atom stereocenters. The molecule has 1 aliphatic heterocycles. The van der Waals surface area contributed by atoms with E-state index in [2.05, 4.69) is 20.6 Å². The molecule has 0 atom stereocenters. The van der Waals surface area contributed by atoms with Crippen LogP contribution in [0.4, 0.5) is 0 Å². The van der Waals surface area contributed by atoms with Crippen LogP contribution in [0.2, 0.25) is 5.02 Å². The van der Waals surface area contributed by atoms with E-state index in [0.717, 1.165) is 48.4 Å². The Morgan fingerprint density at radius 1 is 1.10 bits per heavy atom. The number of amides is 1. The molecule has 1 saturated heterocycles. The molecular weight excluding hydrogens is 412 g/mol. The number of hydrogen-bond acceptors (Lipinski definition) is 5. The number of ether oxygens (including phenoxy) is 1. The van der Waals surface area contributed by atoms with Gasteiger partial charge in [-0.1, -0.05) is 17.7 Å². The van der Waals surface area contributed by atoms with Crippen molar-refractivity contribution in [2.45, 2.75) is 32.7 Å². The maximum absolute atomic E-state index is 12.7. The summed E-state index contributed by atoms with van der Waals surface area (Å²) in [6.45, 7) is 5.67. The molecule has 6 nitrogen and oxygen atoms in total. The van der Waals surface area contributed by atoms with Crippen molar-refractivity contribution in [2.24, 2.45) is 0 Å². The second-order valence-electron chi connectivity index (χ2n) is 7.74. The first-order valence-electron chi connectivity index (χ1n) is 10.4. The van der Waals surface area contributed by atoms with Crippen LogP contribution in [0, 0.1) is 13.8 Å². The summed E-state index contributed by atoms with van der Waals surface area (Å²) in [5, 5.41) is 7.02. The number of carbonyl (C=O) groups is 1. The van der Waals surface area contributed by atoms with Gasteiger partial charge < -0.3 is 15.4 Å². The van der Waals surface area contributed by atoms with Gasteiger partial charge in [-0.3, -0.25) is 14.8 Å². The number of piperidine rings is 1. The van der Waals surface area contributed by atoms with Crippen LogP contribution in [0.5, 0.6) is 11.5 Å². The fourth-order valence-electron chi connectivity index (χ4n) is 3.62. The van der Waals surface area contributed by atoms with Crippen LogP contribution in [0.3, 0.4) is 0 Å². The zero-order chi connectivity index (χ0) is 21.8. The molecule has 2 N–H and O–H groups in total. The highest BCUT2D eigenvalue weighted by molar-refractivity contribution is 6.31. The van der Waals surface area contributed by atoms with Crippen molar-refractivity contribution in [3.8, 4) is 22.8 Å². The number of nitrogens with zero attached hydrogens (tertiary/aromatic N) is 2. The molecule has 1 aliphatic rings. The number of carbonyl (C=O) groups excluding carboxylic acids is 1. The lowest BCUT2D eigenvalue weighted by molar-refractivity contribution is 0.0929. The van der Waals surface area contributed by atoms with Gasteiger partial charge in [0.15, 0.2) is 0 Å². The molecule has 0 radical (unpaired) electrons. The summed E-state index contributed by atoms with van der Waals surface area (Å²) >= 11 is 6.14. The van der Waals surface area contributed by atoms with Crippen molar-refractivity contribution in [2.75, 3.05) is 13.1 Å². The van der Waals surface area contributed by atoms with Gasteiger partial charge >= 0.3 is 0 Å². The summed E-state index contributed by atoms with van der Waals surface area (Å²) in [6, 6.07) is 11.4. The average Bonchev–Trinajstić information content (AvgIpc) is 2.77. The highest BCUT2D eigenvalue weighted by atomic mass is 35.5. The molecule has 1 amide bonds. The van der Waals surface area contributed by atoms with Crippen LogP contribution in [0.15, 0.2) is 48.8 Å². The Labute approximate surface area is 187 Å². The van der Waals surface area contributed by atoms with Gasteiger partial charge in [-0.25, -0.2) is 0 Å². The lowest BCUT2D eigenvalue weighted by Crippen LogP contribution is -2.42. The summed E-state index contributed by atoms with van der Waals surface area (Å²) in [5.74, 6) is 1.18. The standard InChI is InChI=1S/C24H25ClN4O2/c1-15-11-17(3-4-21(15)24(30)29-18-5-8-26-9-6-18)23-13-19(7-10-27-23)31-20-12-22(25)16(2)28-14-20/h3-4,7,10-14,18,26H,5-6,8-9H2,1-2H3,(H,29,30). The molecule has 1 aromatic carbocycles. The van der Waals surface area contributed by atoms with Gasteiger partial charge in [0.1, 0.15) is 11.5 Å². The van der Waals surface area contributed by atoms with Gasteiger partial charge in [-0.2, -0.15) is 0 Å². The van der Waals surface area contributed by atoms with Crippen molar-refractivity contribution in [1.29, 1.82) is 0 Å². The molecule has 4 rings (SSSR count). The molecule has 7 heteroatoms. The lowest BCUT2D eigenvalue weighted by atomic mass is 10.0. The van der Waals surface area contributed by atoms with Crippen molar-refractivity contribution in [3.05, 3.63) is 70.6 Å². The number of aromatic nitrogens is 2. The molecule has 2 aromatic heterocycles. The summed E-state index contributed by atoms with van der Waals surface area (Å²) in [5.41, 5.74) is 4.03. The highest BCUT2D eigenvalue weighted by Gasteiger charge is 2.18. The Morgan fingerprint density at radius 2 is 1.90 bits per heavy atom. The maximum atomic E-state index is 12.7. The first-order chi connectivity index (χ1) is 15.0. The molecule has 1 fully saturated rings. The second kappa shape index (κ2) is 9.45. The van der Waals surface area contributed by atoms with Crippen LogP contribution >= 0.6 is 11.6 Å². The van der Waals surface area contributed by atoms with Gasteiger partial charge in [0.05, 0.1) is 22.6 Å². The monoisotopic (exact) mass is 436 g/mol. The largest absolute Gasteiger partial charge is 0.456 e. The van der Waals surface area contributed by atoms with Gasteiger partial charge in [-0.05, 0) is 63.5 Å². The first-order valence-corrected chi connectivity index (χ1v) is 10.8. The number of halogens is 1. The summed E-state index contributed by atoms with van der Waals surface area (Å²) in [6.07, 6.45) is 5.25. The first kappa shape index (κ1) is 21.3. The van der Waals surface area contributed by atoms with E-state index in [1.165, 1.54) is 0 Å². The predicted molar refractivity (Wildman–Crippen MR) is 122 cm³/mol. The number of rotatable bonds is 5. The molecule has 0 aliphatic carbocycles. The van der Waals surface area contributed by atoms with Gasteiger partial charge in [-0.15, -0.1) is 0 Å². The van der Waals surface area contributed by atoms with Gasteiger partial charge in [0.2, 0.25) is 0 Å². The smallest absolute Gasteiger partial charge is 0.251 e. The van der Waals surface area contributed by atoms with Crippen molar-refractivity contribution < 1.29 is 9.53 Å². The van der Waals surface area contributed by atoms with E-state index in [4.69, 9.17) is 16.3 Å². The highest BCUT2D eigenvalue weighted by Crippen LogP contribution is 2.28. The van der Waals surface area contributed by atoms with Crippen LogP contribution in [-0.4, -0.2) is 35.0 Å². The van der Waals surface area contributed by atoms with Gasteiger partial charge in [0, 0.05) is 35.5 Å². The zero-order valence-corrected chi connectivity index (χ0v) is 18.4. The minimum Gasteiger partial charge on any atom is -0.456 e. The summed E-state index contributed by atoms with van der Waals surface area (Å²) in [7, 11) is 0. The quantitative estimate of drug-likeness (QED) is 0.606. The molecule has 3 heterocycles. The number of pyridine rings is 2. The Bertz CT molecular complexity index is 1100. The van der Waals surface area contributed by atoms with Crippen LogP contribution in [0.1, 0.15) is 34.5 Å². The molecule has 160 valence electrons. The minimum absolute atomic E-state index is 0.0234. The summed E-state index contributed by atoms with van der Waals surface area (Å²) in [4.78, 5) is 21.4. The fourth-order valence-corrected chi connectivity index (χ4v) is 3.78. The molecule has 0 saturated carbocycles. The van der Waals surface area contributed by atoms with E-state index in [1.807, 2.05) is 38.1 Å². The molecule has 0 bridgehead atoms. The average molecular weight is 437 g/mol. The topological polar surface area (TPSA) is 76.1 Å². The third-order valence-corrected chi connectivity index (χ3v) is 5.79. The van der Waals surface area contributed by atoms with Crippen LogP contribution in [0.25, 0.3) is 11.3 Å². The molecule has 0 spiro atoms. The summed E-state index contributed by atoms with van der Waals surface area (Å²) < 4.78 is 5.90. The SMILES string of the molecule is Cc1cc(-c2cc(Oc3cnc(C)c(Cl)c3)ccn2)ccc1C(=O)NC1CCNCC1. The minimum atomic E-state index is -0.0234. The third-order valence-electron chi connectivity index (χ3n) is 5.41. The molecule has 3 aromatic rings. The third kappa shape index (κ3) is 5.21. The molecule has 31 heavy (non-hydrogen) atoms. The normalized spacial score (nSPS) is 14.3. The van der Waals surface area contributed by atoms with Crippen molar-refractivity contribution in [1.82, 2.24) is 20.6 Å². The van der Waals surface area contributed by atoms with E-state index < -0.39 is 0 Å². The van der Waals surface area contributed by atoms with Gasteiger partial charge in [0.25, 0.3) is 5.91 Å². The second-order valence-corrected chi connectivity index (χ2v) is 8.15. The lowest BCUT2D eigenvalue weighted by Gasteiger charge is -2.24. The Balaban J connectivity index is 1.50. The van der Waals surface area contributed by atoms with Crippen LogP contribution < -0.4 is 15.4 Å². The van der Waals surface area contributed by atoms with Crippen LogP contribution in [-0.2, 0) is 0 Å². The van der Waals surface area contributed by atoms with E-state index in [9.17, 15) is 4.79 Å². The van der Waals surface area contributed by atoms with E-state index in [1.54, 1.807) is 24.5 Å². The number of aryl methyl sites for hydroxylation is 2. The number of benzene rings is 1. The van der Waals surface area contributed by atoms with E-state index in [0.29, 0.717) is 22.1 Å². The van der Waals surface area contributed by atoms with E-state index >= 15 is 0 Å². The zero-order valence-electron chi connectivity index (χ0n) is 17.6. The van der Waals surface area contributed by atoms with E-state index in [-0.39, 0.29) is 11.9 Å². The molecular formula is C24H25ClN4O2. The maximum Gasteiger partial charge on any atom is 0.251 e. The number of hydrogen-bond donors (Lipinski definition) is 2. The predicted octanol–water partition coefficient (Wildman–Crippen LogP) is 4.69. The Kier molecular flexibility index (Phi) is 6.49.